The van der Waals surface area contributed by atoms with E-state index in [4.69, 9.17) is 5.11 Å². The molecule has 7 nitrogen and oxygen atoms in total. The summed E-state index contributed by atoms with van der Waals surface area (Å²) < 4.78 is 0. The van der Waals surface area contributed by atoms with Gasteiger partial charge >= 0.3 is 11.7 Å². The van der Waals surface area contributed by atoms with Crippen molar-refractivity contribution in [2.45, 2.75) is 6.92 Å². The van der Waals surface area contributed by atoms with Crippen molar-refractivity contribution in [3.63, 3.8) is 0 Å². The highest BCUT2D eigenvalue weighted by molar-refractivity contribution is 5.71. The number of nitrogens with zero attached hydrogens (tertiary/aromatic N) is 3. The molecule has 1 aromatic rings. The SMILES string of the molecule is CC(C(=O)O)C1CN(c2ccncc2[N+](=O)[O-])C1. The average Bonchev–Trinajstić information content (AvgIpc) is 2.27. The first kappa shape index (κ1) is 12.3. The first-order chi connectivity index (χ1) is 8.50. The molecule has 1 atom stereocenters. The van der Waals surface area contributed by atoms with Crippen LogP contribution in [-0.2, 0) is 4.79 Å². The van der Waals surface area contributed by atoms with E-state index < -0.39 is 16.8 Å². The molecule has 1 N–H and O–H groups in total. The summed E-state index contributed by atoms with van der Waals surface area (Å²) >= 11 is 0. The predicted molar refractivity (Wildman–Crippen MR) is 63.4 cm³/mol. The fourth-order valence-corrected chi connectivity index (χ4v) is 2.01. The minimum Gasteiger partial charge on any atom is -0.481 e. The molecule has 1 aliphatic rings. The number of rotatable bonds is 4. The molecule has 1 fully saturated rings. The van der Waals surface area contributed by atoms with Gasteiger partial charge in [0.05, 0.1) is 10.8 Å². The van der Waals surface area contributed by atoms with Gasteiger partial charge in [-0.05, 0) is 6.07 Å². The number of hydrogen-bond donors (Lipinski definition) is 1. The second-order valence-electron chi connectivity index (χ2n) is 4.41. The second-order valence-corrected chi connectivity index (χ2v) is 4.41. The highest BCUT2D eigenvalue weighted by Gasteiger charge is 2.37. The Bertz CT molecular complexity index is 485. The van der Waals surface area contributed by atoms with Crippen molar-refractivity contribution in [1.29, 1.82) is 0 Å². The number of carboxylic acid groups (broad SMARTS) is 1. The maximum Gasteiger partial charge on any atom is 0.310 e. The van der Waals surface area contributed by atoms with Crippen LogP contribution >= 0.6 is 0 Å². The van der Waals surface area contributed by atoms with Gasteiger partial charge in [0, 0.05) is 25.2 Å². The number of carbonyl (C=O) groups is 1. The Hall–Kier alpha value is -2.18. The van der Waals surface area contributed by atoms with Crippen molar-refractivity contribution in [3.8, 4) is 0 Å². The lowest BCUT2D eigenvalue weighted by atomic mass is 9.86. The number of pyridine rings is 1. The van der Waals surface area contributed by atoms with E-state index in [1.54, 1.807) is 13.0 Å². The lowest BCUT2D eigenvalue weighted by molar-refractivity contribution is -0.384. The molecular formula is C11H13N3O4. The minimum absolute atomic E-state index is 0.0373. The van der Waals surface area contributed by atoms with Gasteiger partial charge in [-0.1, -0.05) is 6.92 Å². The van der Waals surface area contributed by atoms with Gasteiger partial charge in [-0.3, -0.25) is 19.9 Å². The van der Waals surface area contributed by atoms with Crippen LogP contribution in [0.15, 0.2) is 18.5 Å². The maximum absolute atomic E-state index is 10.8. The van der Waals surface area contributed by atoms with E-state index in [1.165, 1.54) is 12.4 Å². The Morgan fingerprint density at radius 3 is 2.89 bits per heavy atom. The third-order valence-electron chi connectivity index (χ3n) is 3.32. The Kier molecular flexibility index (Phi) is 3.14. The Morgan fingerprint density at radius 1 is 1.67 bits per heavy atom. The third kappa shape index (κ3) is 2.11. The quantitative estimate of drug-likeness (QED) is 0.636. The van der Waals surface area contributed by atoms with E-state index >= 15 is 0 Å². The normalized spacial score (nSPS) is 17.1. The first-order valence-corrected chi connectivity index (χ1v) is 5.57. The molecule has 0 aliphatic carbocycles. The number of hydrogen-bond acceptors (Lipinski definition) is 5. The van der Waals surface area contributed by atoms with Crippen LogP contribution in [0.3, 0.4) is 0 Å². The lowest BCUT2D eigenvalue weighted by Gasteiger charge is -2.42. The molecule has 18 heavy (non-hydrogen) atoms. The van der Waals surface area contributed by atoms with Crippen molar-refractivity contribution in [3.05, 3.63) is 28.6 Å². The summed E-state index contributed by atoms with van der Waals surface area (Å²) in [7, 11) is 0. The van der Waals surface area contributed by atoms with Crippen LogP contribution in [0, 0.1) is 22.0 Å². The molecule has 0 spiro atoms. The van der Waals surface area contributed by atoms with E-state index in [9.17, 15) is 14.9 Å². The van der Waals surface area contributed by atoms with Crippen molar-refractivity contribution in [2.24, 2.45) is 11.8 Å². The van der Waals surface area contributed by atoms with Gasteiger partial charge < -0.3 is 10.0 Å². The zero-order chi connectivity index (χ0) is 13.3. The molecule has 2 heterocycles. The van der Waals surface area contributed by atoms with Gasteiger partial charge in [-0.2, -0.15) is 0 Å². The summed E-state index contributed by atoms with van der Waals surface area (Å²) in [5, 5.41) is 19.7. The van der Waals surface area contributed by atoms with Crippen molar-refractivity contribution < 1.29 is 14.8 Å². The van der Waals surface area contributed by atoms with Crippen LogP contribution in [0.25, 0.3) is 0 Å². The number of carboxylic acids is 1. The summed E-state index contributed by atoms with van der Waals surface area (Å²) in [6, 6.07) is 1.58. The van der Waals surface area contributed by atoms with Crippen molar-refractivity contribution in [2.75, 3.05) is 18.0 Å². The molecule has 0 amide bonds. The monoisotopic (exact) mass is 251 g/mol. The molecule has 96 valence electrons. The zero-order valence-electron chi connectivity index (χ0n) is 9.81. The topological polar surface area (TPSA) is 96.6 Å². The smallest absolute Gasteiger partial charge is 0.310 e. The predicted octanol–water partition coefficient (Wildman–Crippen LogP) is 1.15. The summed E-state index contributed by atoms with van der Waals surface area (Å²) in [6.07, 6.45) is 2.71. The van der Waals surface area contributed by atoms with Gasteiger partial charge in [0.15, 0.2) is 0 Å². The molecule has 0 bridgehead atoms. The van der Waals surface area contributed by atoms with Crippen LogP contribution in [-0.4, -0.2) is 34.1 Å². The van der Waals surface area contributed by atoms with E-state index in [2.05, 4.69) is 4.98 Å². The van der Waals surface area contributed by atoms with Gasteiger partial charge in [-0.15, -0.1) is 0 Å². The number of aromatic nitrogens is 1. The summed E-state index contributed by atoms with van der Waals surface area (Å²) in [5.74, 6) is -1.22. The molecule has 0 aromatic carbocycles. The number of anilines is 1. The van der Waals surface area contributed by atoms with Crippen molar-refractivity contribution >= 4 is 17.3 Å². The van der Waals surface area contributed by atoms with Crippen LogP contribution in [0.4, 0.5) is 11.4 Å². The lowest BCUT2D eigenvalue weighted by Crippen LogP contribution is -2.51. The first-order valence-electron chi connectivity index (χ1n) is 5.57. The molecule has 2 rings (SSSR count). The largest absolute Gasteiger partial charge is 0.481 e. The van der Waals surface area contributed by atoms with Gasteiger partial charge in [0.25, 0.3) is 0 Å². The summed E-state index contributed by atoms with van der Waals surface area (Å²) in [5.41, 5.74) is 0.461. The molecule has 0 radical (unpaired) electrons. The van der Waals surface area contributed by atoms with E-state index in [0.29, 0.717) is 18.8 Å². The van der Waals surface area contributed by atoms with Crippen molar-refractivity contribution in [1.82, 2.24) is 4.98 Å². The molecule has 1 aliphatic heterocycles. The number of aliphatic carboxylic acids is 1. The van der Waals surface area contributed by atoms with Gasteiger partial charge in [-0.25, -0.2) is 0 Å². The average molecular weight is 251 g/mol. The molecule has 7 heteroatoms. The molecular weight excluding hydrogens is 238 g/mol. The van der Waals surface area contributed by atoms with Crippen LogP contribution in [0.1, 0.15) is 6.92 Å². The fourth-order valence-electron chi connectivity index (χ4n) is 2.01. The van der Waals surface area contributed by atoms with Gasteiger partial charge in [0.2, 0.25) is 0 Å². The standard InChI is InChI=1S/C11H13N3O4/c1-7(11(15)16)8-5-13(6-8)9-2-3-12-4-10(9)14(17)18/h2-4,7-8H,5-6H2,1H3,(H,15,16). The highest BCUT2D eigenvalue weighted by Crippen LogP contribution is 2.34. The summed E-state index contributed by atoms with van der Waals surface area (Å²) in [4.78, 5) is 26.7. The second kappa shape index (κ2) is 4.59. The Morgan fingerprint density at radius 2 is 2.33 bits per heavy atom. The molecule has 0 saturated carbocycles. The third-order valence-corrected chi connectivity index (χ3v) is 3.32. The summed E-state index contributed by atoms with van der Waals surface area (Å²) in [6.45, 7) is 2.71. The highest BCUT2D eigenvalue weighted by atomic mass is 16.6. The maximum atomic E-state index is 10.8. The van der Waals surface area contributed by atoms with E-state index in [0.717, 1.165) is 0 Å². The van der Waals surface area contributed by atoms with E-state index in [-0.39, 0.29) is 11.6 Å². The minimum atomic E-state index is -0.830. The van der Waals surface area contributed by atoms with Crippen LogP contribution in [0.5, 0.6) is 0 Å². The van der Waals surface area contributed by atoms with Crippen LogP contribution in [0.2, 0.25) is 0 Å². The Balaban J connectivity index is 2.09. The molecule has 1 aromatic heterocycles. The van der Waals surface area contributed by atoms with Gasteiger partial charge in [0.1, 0.15) is 11.9 Å². The molecule has 1 unspecified atom stereocenters. The fraction of sp³-hybridized carbons (Fsp3) is 0.455. The molecule has 1 saturated heterocycles. The number of nitro groups is 1. The van der Waals surface area contributed by atoms with Crippen LogP contribution < -0.4 is 4.90 Å². The Labute approximate surface area is 103 Å². The van der Waals surface area contributed by atoms with E-state index in [1.807, 2.05) is 4.90 Å². The zero-order valence-corrected chi connectivity index (χ0v) is 9.81.